The smallest absolute Gasteiger partial charge is 0.330 e. The molecule has 0 aliphatic carbocycles. The first-order valence-electron chi connectivity index (χ1n) is 18.9. The molecule has 0 N–H and O–H groups in total. The molecule has 0 amide bonds. The first-order chi connectivity index (χ1) is 25.5. The van der Waals surface area contributed by atoms with E-state index in [1.807, 2.05) is 27.7 Å². The van der Waals surface area contributed by atoms with Crippen molar-refractivity contribution in [1.82, 2.24) is 0 Å². The third-order valence-corrected chi connectivity index (χ3v) is 10.00. The van der Waals surface area contributed by atoms with Crippen molar-refractivity contribution in [1.29, 1.82) is 0 Å². The Hall–Kier alpha value is -4.98. The summed E-state index contributed by atoms with van der Waals surface area (Å²) in [5.41, 5.74) is 7.59. The van der Waals surface area contributed by atoms with Gasteiger partial charge in [-0.05, 0) is 111 Å². The van der Waals surface area contributed by atoms with Crippen LogP contribution in [0.4, 0.5) is 0 Å². The largest absolute Gasteiger partial charge is 0.463 e. The fraction of sp³-hybridized carbons (Fsp3) is 0.435. The third-order valence-electron chi connectivity index (χ3n) is 10.00. The van der Waals surface area contributed by atoms with E-state index in [2.05, 4.69) is 89.4 Å². The Morgan fingerprint density at radius 3 is 1.13 bits per heavy atom. The van der Waals surface area contributed by atoms with Gasteiger partial charge in [-0.2, -0.15) is 0 Å². The zero-order chi connectivity index (χ0) is 40.1. The van der Waals surface area contributed by atoms with Crippen LogP contribution in [0.5, 0.6) is 11.5 Å². The Balaban J connectivity index is 1.64. The van der Waals surface area contributed by atoms with Crippen molar-refractivity contribution in [2.24, 2.45) is 0 Å². The van der Waals surface area contributed by atoms with E-state index in [0.717, 1.165) is 69.5 Å². The highest BCUT2D eigenvalue weighted by atomic mass is 16.5. The van der Waals surface area contributed by atoms with E-state index in [9.17, 15) is 19.2 Å². The molecule has 0 saturated carbocycles. The standard InChI is InChI=1S/C46H58O8/c1-11-39(47)51-25-17-13-15-19-41(49)53-43-31(3)27-37(28-32(43)4)45(7,8)35-21-23-36(24-22-35)46(9,10)38-29-33(5)44(34(6)30-38)54-42(50)20-16-14-18-26-52-40(48)12-2/h11-12,21-24,27-30H,1-2,13-20,25-26H2,3-10H3. The minimum atomic E-state index is -0.438. The molecule has 0 bridgehead atoms. The maximum atomic E-state index is 12.6. The second-order valence-corrected chi connectivity index (χ2v) is 15.0. The zero-order valence-corrected chi connectivity index (χ0v) is 33.5. The molecular weight excluding hydrogens is 680 g/mol. The second-order valence-electron chi connectivity index (χ2n) is 15.0. The van der Waals surface area contributed by atoms with Gasteiger partial charge in [-0.25, -0.2) is 9.59 Å². The summed E-state index contributed by atoms with van der Waals surface area (Å²) in [7, 11) is 0. The topological polar surface area (TPSA) is 105 Å². The van der Waals surface area contributed by atoms with E-state index in [0.29, 0.717) is 63.2 Å². The molecule has 8 heteroatoms. The van der Waals surface area contributed by atoms with Gasteiger partial charge in [-0.3, -0.25) is 9.59 Å². The van der Waals surface area contributed by atoms with Crippen LogP contribution >= 0.6 is 0 Å². The predicted molar refractivity (Wildman–Crippen MR) is 213 cm³/mol. The molecule has 0 unspecified atom stereocenters. The summed E-state index contributed by atoms with van der Waals surface area (Å²) in [5, 5.41) is 0. The maximum absolute atomic E-state index is 12.6. The summed E-state index contributed by atoms with van der Waals surface area (Å²) in [4.78, 5) is 47.6. The van der Waals surface area contributed by atoms with Crippen LogP contribution in [0.3, 0.4) is 0 Å². The van der Waals surface area contributed by atoms with E-state index in [1.54, 1.807) is 0 Å². The monoisotopic (exact) mass is 738 g/mol. The summed E-state index contributed by atoms with van der Waals surface area (Å²) in [5.74, 6) is -0.222. The molecule has 3 rings (SSSR count). The first-order valence-corrected chi connectivity index (χ1v) is 18.9. The molecule has 8 nitrogen and oxygen atoms in total. The van der Waals surface area contributed by atoms with E-state index < -0.39 is 11.9 Å². The molecule has 0 radical (unpaired) electrons. The molecule has 0 spiro atoms. The van der Waals surface area contributed by atoms with E-state index in [4.69, 9.17) is 18.9 Å². The normalized spacial score (nSPS) is 11.4. The third kappa shape index (κ3) is 12.0. The van der Waals surface area contributed by atoms with Gasteiger partial charge < -0.3 is 18.9 Å². The summed E-state index contributed by atoms with van der Waals surface area (Å²) in [6.07, 6.45) is 7.05. The number of rotatable bonds is 20. The van der Waals surface area contributed by atoms with Crippen LogP contribution in [-0.2, 0) is 39.5 Å². The summed E-state index contributed by atoms with van der Waals surface area (Å²) < 4.78 is 21.6. The fourth-order valence-corrected chi connectivity index (χ4v) is 6.47. The number of hydrogen-bond donors (Lipinski definition) is 0. The average Bonchev–Trinajstić information content (AvgIpc) is 3.13. The number of carbonyl (C=O) groups excluding carboxylic acids is 4. The molecule has 54 heavy (non-hydrogen) atoms. The maximum Gasteiger partial charge on any atom is 0.330 e. The molecule has 0 heterocycles. The Kier molecular flexibility index (Phi) is 16.0. The van der Waals surface area contributed by atoms with Gasteiger partial charge in [0, 0.05) is 35.8 Å². The Labute approximate surface area is 321 Å². The Bertz CT molecular complexity index is 1630. The number of ether oxygens (including phenoxy) is 4. The van der Waals surface area contributed by atoms with Gasteiger partial charge in [-0.15, -0.1) is 0 Å². The van der Waals surface area contributed by atoms with E-state index in [-0.39, 0.29) is 22.8 Å². The summed E-state index contributed by atoms with van der Waals surface area (Å²) in [6.45, 7) is 24.1. The molecule has 0 aliphatic rings. The zero-order valence-electron chi connectivity index (χ0n) is 33.5. The quantitative estimate of drug-likeness (QED) is 0.0488. The number of carbonyl (C=O) groups is 4. The number of esters is 4. The van der Waals surface area contributed by atoms with Gasteiger partial charge in [-0.1, -0.05) is 89.4 Å². The molecule has 0 aromatic heterocycles. The molecular formula is C46H58O8. The number of aryl methyl sites for hydroxylation is 4. The molecule has 0 saturated heterocycles. The molecule has 0 atom stereocenters. The van der Waals surface area contributed by atoms with Crippen LogP contribution in [0.15, 0.2) is 73.8 Å². The molecule has 0 fully saturated rings. The van der Waals surface area contributed by atoms with Crippen molar-refractivity contribution in [3.8, 4) is 11.5 Å². The lowest BCUT2D eigenvalue weighted by molar-refractivity contribution is -0.138. The van der Waals surface area contributed by atoms with Gasteiger partial charge in [0.15, 0.2) is 0 Å². The van der Waals surface area contributed by atoms with Gasteiger partial charge in [0.2, 0.25) is 0 Å². The number of hydrogen-bond acceptors (Lipinski definition) is 8. The molecule has 3 aromatic carbocycles. The lowest BCUT2D eigenvalue weighted by Crippen LogP contribution is -2.22. The van der Waals surface area contributed by atoms with Gasteiger partial charge in [0.1, 0.15) is 11.5 Å². The van der Waals surface area contributed by atoms with E-state index >= 15 is 0 Å². The van der Waals surface area contributed by atoms with Crippen molar-refractivity contribution < 1.29 is 38.1 Å². The van der Waals surface area contributed by atoms with Crippen LogP contribution < -0.4 is 9.47 Å². The average molecular weight is 739 g/mol. The SMILES string of the molecule is C=CC(=O)OCCCCCC(=O)Oc1c(C)cc(C(C)(C)c2ccc(C(C)(C)c3cc(C)c(OC(=O)CCCCCOC(=O)C=C)c(C)c3)cc2)cc1C. The van der Waals surface area contributed by atoms with Crippen molar-refractivity contribution in [2.75, 3.05) is 13.2 Å². The van der Waals surface area contributed by atoms with Crippen molar-refractivity contribution >= 4 is 23.9 Å². The minimum absolute atomic E-state index is 0.274. The van der Waals surface area contributed by atoms with Crippen LogP contribution in [-0.4, -0.2) is 37.1 Å². The molecule has 290 valence electrons. The van der Waals surface area contributed by atoms with Crippen molar-refractivity contribution in [2.45, 2.75) is 118 Å². The highest BCUT2D eigenvalue weighted by Crippen LogP contribution is 2.39. The van der Waals surface area contributed by atoms with Gasteiger partial charge in [0.25, 0.3) is 0 Å². The lowest BCUT2D eigenvalue weighted by atomic mass is 9.74. The number of benzene rings is 3. The first kappa shape index (κ1) is 43.4. The van der Waals surface area contributed by atoms with Crippen LogP contribution in [0.2, 0.25) is 0 Å². The minimum Gasteiger partial charge on any atom is -0.463 e. The molecule has 3 aromatic rings. The summed E-state index contributed by atoms with van der Waals surface area (Å²) >= 11 is 0. The van der Waals surface area contributed by atoms with Crippen molar-refractivity contribution in [3.63, 3.8) is 0 Å². The van der Waals surface area contributed by atoms with Crippen molar-refractivity contribution in [3.05, 3.63) is 118 Å². The number of unbranched alkanes of at least 4 members (excludes halogenated alkanes) is 4. The highest BCUT2D eigenvalue weighted by Gasteiger charge is 2.29. The van der Waals surface area contributed by atoms with Gasteiger partial charge >= 0.3 is 23.9 Å². The van der Waals surface area contributed by atoms with Gasteiger partial charge in [0.05, 0.1) is 13.2 Å². The predicted octanol–water partition coefficient (Wildman–Crippen LogP) is 9.96. The fourth-order valence-electron chi connectivity index (χ4n) is 6.47. The highest BCUT2D eigenvalue weighted by molar-refractivity contribution is 5.81. The Morgan fingerprint density at radius 1 is 0.519 bits per heavy atom. The summed E-state index contributed by atoms with van der Waals surface area (Å²) in [6, 6.07) is 17.2. The van der Waals surface area contributed by atoms with E-state index in [1.165, 1.54) is 0 Å². The van der Waals surface area contributed by atoms with Crippen LogP contribution in [0, 0.1) is 27.7 Å². The lowest BCUT2D eigenvalue weighted by Gasteiger charge is -2.31. The van der Waals surface area contributed by atoms with Crippen LogP contribution in [0.25, 0.3) is 0 Å². The Morgan fingerprint density at radius 2 is 0.833 bits per heavy atom. The van der Waals surface area contributed by atoms with Crippen LogP contribution in [0.1, 0.15) is 124 Å². The molecule has 0 aliphatic heterocycles. The second kappa shape index (κ2) is 19.9.